The molecule has 1 aliphatic carbocycles. The van der Waals surface area contributed by atoms with Crippen LogP contribution < -0.4 is 9.64 Å². The van der Waals surface area contributed by atoms with Gasteiger partial charge in [0, 0.05) is 50.8 Å². The molecule has 2 fully saturated rings. The zero-order valence-electron chi connectivity index (χ0n) is 18.7. The first-order valence-corrected chi connectivity index (χ1v) is 11.8. The minimum atomic E-state index is 0.321. The van der Waals surface area contributed by atoms with E-state index in [4.69, 9.17) is 4.74 Å². The van der Waals surface area contributed by atoms with Gasteiger partial charge in [0.25, 0.3) is 0 Å². The maximum atomic E-state index is 12.0. The zero-order chi connectivity index (χ0) is 20.9. The molecule has 1 saturated carbocycles. The van der Waals surface area contributed by atoms with Crippen LogP contribution in [-0.4, -0.2) is 55.0 Å². The number of allylic oxidation sites excluding steroid dienone is 2. The van der Waals surface area contributed by atoms with Gasteiger partial charge < -0.3 is 9.64 Å². The van der Waals surface area contributed by atoms with Gasteiger partial charge in [-0.25, -0.2) is 4.98 Å². The Balaban J connectivity index is 1.16. The van der Waals surface area contributed by atoms with Crippen LogP contribution in [0.5, 0.6) is 5.75 Å². The average Bonchev–Trinajstić information content (AvgIpc) is 3.22. The first-order chi connectivity index (χ1) is 14.6. The highest BCUT2D eigenvalue weighted by atomic mass is 16.5. The number of rotatable bonds is 7. The summed E-state index contributed by atoms with van der Waals surface area (Å²) in [6.07, 6.45) is 11.8. The van der Waals surface area contributed by atoms with Crippen LogP contribution in [0.25, 0.3) is 0 Å². The van der Waals surface area contributed by atoms with Crippen molar-refractivity contribution in [2.75, 3.05) is 44.2 Å². The van der Waals surface area contributed by atoms with Gasteiger partial charge in [0.2, 0.25) is 0 Å². The average molecular weight is 412 g/mol. The van der Waals surface area contributed by atoms with Gasteiger partial charge in [-0.2, -0.15) is 0 Å². The van der Waals surface area contributed by atoms with Gasteiger partial charge in [-0.15, -0.1) is 0 Å². The fraction of sp³-hybridized carbons (Fsp3) is 0.680. The normalized spacial score (nSPS) is 24.3. The maximum absolute atomic E-state index is 12.0. The Labute approximate surface area is 181 Å². The van der Waals surface area contributed by atoms with E-state index in [0.29, 0.717) is 11.7 Å². The summed E-state index contributed by atoms with van der Waals surface area (Å²) < 4.78 is 5.70. The number of anilines is 1. The summed E-state index contributed by atoms with van der Waals surface area (Å²) in [4.78, 5) is 21.8. The second kappa shape index (κ2) is 9.95. The third-order valence-corrected chi connectivity index (χ3v) is 7.03. The second-order valence-corrected chi connectivity index (χ2v) is 9.61. The highest BCUT2D eigenvalue weighted by molar-refractivity contribution is 5.90. The molecule has 3 aliphatic rings. The molecule has 4 rings (SSSR count). The molecule has 30 heavy (non-hydrogen) atoms. The van der Waals surface area contributed by atoms with Crippen molar-refractivity contribution in [1.82, 2.24) is 9.88 Å². The maximum Gasteiger partial charge on any atom is 0.155 e. The summed E-state index contributed by atoms with van der Waals surface area (Å²) in [6.45, 7) is 10.4. The van der Waals surface area contributed by atoms with Crippen molar-refractivity contribution in [2.24, 2.45) is 11.8 Å². The molecule has 3 heterocycles. The molecule has 5 heteroatoms. The van der Waals surface area contributed by atoms with Crippen molar-refractivity contribution < 1.29 is 9.53 Å². The molecule has 0 atom stereocenters. The van der Waals surface area contributed by atoms with E-state index in [1.165, 1.54) is 44.2 Å². The summed E-state index contributed by atoms with van der Waals surface area (Å²) in [5.74, 6) is 3.94. The molecular weight excluding hydrogens is 374 g/mol. The SMILES string of the molecule is CC(C)=CC(=O)CC1CCC(CCN2CCN(c3nccc4c3CCO4)CC2)CC1. The Kier molecular flexibility index (Phi) is 7.08. The lowest BCUT2D eigenvalue weighted by molar-refractivity contribution is -0.115. The highest BCUT2D eigenvalue weighted by Crippen LogP contribution is 2.34. The molecular formula is C25H37N3O2. The molecule has 0 N–H and O–H groups in total. The lowest BCUT2D eigenvalue weighted by Gasteiger charge is -2.37. The van der Waals surface area contributed by atoms with E-state index >= 15 is 0 Å². The van der Waals surface area contributed by atoms with Crippen molar-refractivity contribution in [3.63, 3.8) is 0 Å². The molecule has 0 spiro atoms. The number of hydrogen-bond acceptors (Lipinski definition) is 5. The molecule has 0 unspecified atom stereocenters. The number of ether oxygens (including phenoxy) is 1. The molecule has 164 valence electrons. The fourth-order valence-electron chi connectivity index (χ4n) is 5.31. The van der Waals surface area contributed by atoms with Crippen LogP contribution in [0.1, 0.15) is 57.9 Å². The van der Waals surface area contributed by atoms with E-state index in [1.54, 1.807) is 0 Å². The van der Waals surface area contributed by atoms with Crippen molar-refractivity contribution in [2.45, 2.75) is 58.8 Å². The number of pyridine rings is 1. The van der Waals surface area contributed by atoms with Crippen LogP contribution >= 0.6 is 0 Å². The topological polar surface area (TPSA) is 45.7 Å². The number of hydrogen-bond donors (Lipinski definition) is 0. The Morgan fingerprint density at radius 1 is 1.13 bits per heavy atom. The van der Waals surface area contributed by atoms with Gasteiger partial charge in [0.15, 0.2) is 5.78 Å². The van der Waals surface area contributed by atoms with Crippen LogP contribution in [0, 0.1) is 11.8 Å². The van der Waals surface area contributed by atoms with Gasteiger partial charge in [-0.05, 0) is 63.6 Å². The fourth-order valence-corrected chi connectivity index (χ4v) is 5.31. The minimum absolute atomic E-state index is 0.321. The zero-order valence-corrected chi connectivity index (χ0v) is 18.7. The smallest absolute Gasteiger partial charge is 0.155 e. The number of fused-ring (bicyclic) bond motifs is 1. The summed E-state index contributed by atoms with van der Waals surface area (Å²) in [5.41, 5.74) is 2.42. The molecule has 5 nitrogen and oxygen atoms in total. The van der Waals surface area contributed by atoms with Gasteiger partial charge in [0.1, 0.15) is 11.6 Å². The van der Waals surface area contributed by atoms with Crippen molar-refractivity contribution in [1.29, 1.82) is 0 Å². The predicted octanol–water partition coefficient (Wildman–Crippen LogP) is 4.26. The monoisotopic (exact) mass is 411 g/mol. The van der Waals surface area contributed by atoms with E-state index in [1.807, 2.05) is 32.2 Å². The lowest BCUT2D eigenvalue weighted by atomic mass is 9.78. The van der Waals surface area contributed by atoms with Crippen LogP contribution in [0.15, 0.2) is 23.9 Å². The summed E-state index contributed by atoms with van der Waals surface area (Å²) in [5, 5.41) is 0. The van der Waals surface area contributed by atoms with Gasteiger partial charge in [-0.1, -0.05) is 18.4 Å². The predicted molar refractivity (Wildman–Crippen MR) is 121 cm³/mol. The largest absolute Gasteiger partial charge is 0.493 e. The Morgan fingerprint density at radius 3 is 2.60 bits per heavy atom. The van der Waals surface area contributed by atoms with E-state index in [0.717, 1.165) is 68.7 Å². The third kappa shape index (κ3) is 5.42. The molecule has 0 radical (unpaired) electrons. The second-order valence-electron chi connectivity index (χ2n) is 9.61. The molecule has 0 bridgehead atoms. The number of piperazine rings is 1. The standard InChI is InChI=1S/C25H37N3O2/c1-19(2)17-22(29)18-21-5-3-20(4-6-21)8-11-27-12-14-28(15-13-27)25-23-9-16-30-24(23)7-10-26-25/h7,10,17,20-21H,3-6,8-9,11-16,18H2,1-2H3. The molecule has 1 saturated heterocycles. The summed E-state index contributed by atoms with van der Waals surface area (Å²) >= 11 is 0. The van der Waals surface area contributed by atoms with E-state index in [9.17, 15) is 4.79 Å². The van der Waals surface area contributed by atoms with Crippen molar-refractivity contribution in [3.8, 4) is 5.75 Å². The first kappa shape index (κ1) is 21.4. The van der Waals surface area contributed by atoms with Crippen LogP contribution in [-0.2, 0) is 11.2 Å². The molecule has 2 aliphatic heterocycles. The summed E-state index contributed by atoms with van der Waals surface area (Å²) in [7, 11) is 0. The quantitative estimate of drug-likeness (QED) is 0.628. The number of carbonyl (C=O) groups excluding carboxylic acids is 1. The number of aromatic nitrogens is 1. The molecule has 1 aromatic heterocycles. The van der Waals surface area contributed by atoms with Crippen LogP contribution in [0.2, 0.25) is 0 Å². The van der Waals surface area contributed by atoms with Gasteiger partial charge in [-0.3, -0.25) is 9.69 Å². The van der Waals surface area contributed by atoms with E-state index in [-0.39, 0.29) is 0 Å². The van der Waals surface area contributed by atoms with Gasteiger partial charge in [0.05, 0.1) is 6.61 Å². The third-order valence-electron chi connectivity index (χ3n) is 7.03. The lowest BCUT2D eigenvalue weighted by Crippen LogP contribution is -2.47. The Bertz CT molecular complexity index is 756. The van der Waals surface area contributed by atoms with E-state index in [2.05, 4.69) is 14.8 Å². The van der Waals surface area contributed by atoms with Crippen molar-refractivity contribution in [3.05, 3.63) is 29.5 Å². The van der Waals surface area contributed by atoms with Gasteiger partial charge >= 0.3 is 0 Å². The van der Waals surface area contributed by atoms with Crippen LogP contribution in [0.3, 0.4) is 0 Å². The molecule has 0 aromatic carbocycles. The Hall–Kier alpha value is -1.88. The van der Waals surface area contributed by atoms with E-state index < -0.39 is 0 Å². The highest BCUT2D eigenvalue weighted by Gasteiger charge is 2.26. The van der Waals surface area contributed by atoms with Crippen LogP contribution in [0.4, 0.5) is 5.82 Å². The minimum Gasteiger partial charge on any atom is -0.493 e. The molecule has 0 amide bonds. The number of nitrogens with zero attached hydrogens (tertiary/aromatic N) is 3. The Morgan fingerprint density at radius 2 is 1.87 bits per heavy atom. The number of carbonyl (C=O) groups is 1. The van der Waals surface area contributed by atoms with Crippen molar-refractivity contribution >= 4 is 11.6 Å². The first-order valence-electron chi connectivity index (χ1n) is 11.8. The summed E-state index contributed by atoms with van der Waals surface area (Å²) in [6, 6.07) is 1.99. The number of ketones is 1. The molecule has 1 aromatic rings.